The number of nitrogens with one attached hydrogen (secondary N) is 1. The fourth-order valence-electron chi connectivity index (χ4n) is 4.65. The van der Waals surface area contributed by atoms with Crippen LogP contribution < -0.4 is 10.2 Å². The van der Waals surface area contributed by atoms with Gasteiger partial charge in [0.1, 0.15) is 0 Å². The number of pyridine rings is 1. The number of aromatic nitrogens is 2. The number of hydrogen-bond donors (Lipinski definition) is 1. The van der Waals surface area contributed by atoms with Gasteiger partial charge in [0.05, 0.1) is 17.8 Å². The van der Waals surface area contributed by atoms with Gasteiger partial charge >= 0.3 is 0 Å². The SMILES string of the molecule is Cc1cc([C@@H]2[C@H](c3ccccn3)NC(=S)N2c2ccc(Br)cc2)c(C)n1-c1cccc(Cl)c1. The molecule has 1 saturated heterocycles. The number of hydrogen-bond acceptors (Lipinski definition) is 2. The summed E-state index contributed by atoms with van der Waals surface area (Å²) in [5.41, 5.74) is 6.51. The van der Waals surface area contributed by atoms with E-state index in [4.69, 9.17) is 23.8 Å². The maximum atomic E-state index is 6.31. The minimum Gasteiger partial charge on any atom is -0.351 e. The number of anilines is 1. The van der Waals surface area contributed by atoms with Gasteiger partial charge in [-0.15, -0.1) is 0 Å². The highest BCUT2D eigenvalue weighted by molar-refractivity contribution is 9.10. The van der Waals surface area contributed by atoms with E-state index in [1.807, 2.05) is 48.7 Å². The molecule has 33 heavy (non-hydrogen) atoms. The van der Waals surface area contributed by atoms with Crippen molar-refractivity contribution in [2.75, 3.05) is 4.90 Å². The molecule has 1 aliphatic rings. The van der Waals surface area contributed by atoms with Crippen molar-refractivity contribution in [3.8, 4) is 5.69 Å². The van der Waals surface area contributed by atoms with Crippen molar-refractivity contribution in [1.82, 2.24) is 14.9 Å². The third-order valence-electron chi connectivity index (χ3n) is 6.06. The van der Waals surface area contributed by atoms with Crippen LogP contribution in [0.2, 0.25) is 5.02 Å². The first kappa shape index (κ1) is 22.1. The number of halogens is 2. The van der Waals surface area contributed by atoms with Crippen LogP contribution in [0.15, 0.2) is 83.5 Å². The van der Waals surface area contributed by atoms with Crippen molar-refractivity contribution in [3.63, 3.8) is 0 Å². The molecule has 7 heteroatoms. The Bertz CT molecular complexity index is 1320. The fraction of sp³-hybridized carbons (Fsp3) is 0.154. The fourth-order valence-corrected chi connectivity index (χ4v) is 5.45. The lowest BCUT2D eigenvalue weighted by molar-refractivity contribution is 0.565. The summed E-state index contributed by atoms with van der Waals surface area (Å²) in [4.78, 5) is 6.86. The Balaban J connectivity index is 1.68. The topological polar surface area (TPSA) is 33.1 Å². The van der Waals surface area contributed by atoms with Crippen molar-refractivity contribution in [2.24, 2.45) is 0 Å². The first-order chi connectivity index (χ1) is 15.9. The molecule has 3 heterocycles. The van der Waals surface area contributed by atoms with Crippen molar-refractivity contribution in [3.05, 3.63) is 111 Å². The predicted molar refractivity (Wildman–Crippen MR) is 142 cm³/mol. The minimum absolute atomic E-state index is 0.0623. The molecule has 2 aromatic heterocycles. The van der Waals surface area contributed by atoms with Gasteiger partial charge in [-0.3, -0.25) is 4.98 Å². The second kappa shape index (κ2) is 8.93. The Hall–Kier alpha value is -2.67. The summed E-state index contributed by atoms with van der Waals surface area (Å²) in [5, 5.41) is 4.94. The molecular formula is C26H22BrClN4S. The normalized spacial score (nSPS) is 17.9. The average Bonchev–Trinajstić information content (AvgIpc) is 3.30. The number of benzene rings is 2. The van der Waals surface area contributed by atoms with Crippen LogP contribution >= 0.6 is 39.7 Å². The van der Waals surface area contributed by atoms with Crippen molar-refractivity contribution in [2.45, 2.75) is 25.9 Å². The molecule has 0 aliphatic carbocycles. The Morgan fingerprint density at radius 1 is 0.970 bits per heavy atom. The van der Waals surface area contributed by atoms with Gasteiger partial charge in [0.2, 0.25) is 0 Å². The third-order valence-corrected chi connectivity index (χ3v) is 7.14. The number of aryl methyl sites for hydroxylation is 1. The van der Waals surface area contributed by atoms with Crippen molar-refractivity contribution in [1.29, 1.82) is 0 Å². The molecule has 2 atom stereocenters. The van der Waals surface area contributed by atoms with Gasteiger partial charge in [-0.05, 0) is 92.3 Å². The van der Waals surface area contributed by atoms with Crippen LogP contribution in [0, 0.1) is 13.8 Å². The quantitative estimate of drug-likeness (QED) is 0.282. The summed E-state index contributed by atoms with van der Waals surface area (Å²) in [5.74, 6) is 0. The van der Waals surface area contributed by atoms with Crippen LogP contribution in [-0.2, 0) is 0 Å². The van der Waals surface area contributed by atoms with Gasteiger partial charge in [0, 0.05) is 38.5 Å². The molecule has 0 spiro atoms. The van der Waals surface area contributed by atoms with Crippen LogP contribution in [0.25, 0.3) is 5.69 Å². The summed E-state index contributed by atoms with van der Waals surface area (Å²) < 4.78 is 3.28. The molecular weight excluding hydrogens is 516 g/mol. The summed E-state index contributed by atoms with van der Waals surface area (Å²) in [6, 6.07) is 24.3. The van der Waals surface area contributed by atoms with Crippen molar-refractivity contribution < 1.29 is 0 Å². The highest BCUT2D eigenvalue weighted by Gasteiger charge is 2.42. The largest absolute Gasteiger partial charge is 0.351 e. The summed E-state index contributed by atoms with van der Waals surface area (Å²) in [6.45, 7) is 4.28. The molecule has 1 N–H and O–H groups in total. The molecule has 166 valence electrons. The molecule has 0 radical (unpaired) electrons. The van der Waals surface area contributed by atoms with E-state index in [0.717, 1.165) is 32.9 Å². The van der Waals surface area contributed by atoms with Crippen LogP contribution in [0.5, 0.6) is 0 Å². The summed E-state index contributed by atoms with van der Waals surface area (Å²) in [7, 11) is 0. The van der Waals surface area contributed by atoms with E-state index < -0.39 is 0 Å². The zero-order valence-electron chi connectivity index (χ0n) is 18.2. The highest BCUT2D eigenvalue weighted by Crippen LogP contribution is 2.44. The van der Waals surface area contributed by atoms with Crippen LogP contribution in [0.4, 0.5) is 5.69 Å². The van der Waals surface area contributed by atoms with Gasteiger partial charge < -0.3 is 14.8 Å². The van der Waals surface area contributed by atoms with E-state index in [1.165, 1.54) is 5.56 Å². The van der Waals surface area contributed by atoms with E-state index in [1.54, 1.807) is 0 Å². The van der Waals surface area contributed by atoms with E-state index >= 15 is 0 Å². The van der Waals surface area contributed by atoms with Gasteiger partial charge in [0.25, 0.3) is 0 Å². The van der Waals surface area contributed by atoms with Gasteiger partial charge in [0.15, 0.2) is 5.11 Å². The van der Waals surface area contributed by atoms with Crippen LogP contribution in [-0.4, -0.2) is 14.7 Å². The van der Waals surface area contributed by atoms with Crippen LogP contribution in [0.3, 0.4) is 0 Å². The van der Waals surface area contributed by atoms with Crippen molar-refractivity contribution >= 4 is 50.5 Å². The first-order valence-corrected chi connectivity index (χ1v) is 12.2. The number of nitrogens with zero attached hydrogens (tertiary/aromatic N) is 3. The molecule has 0 amide bonds. The Kier molecular flexibility index (Phi) is 5.99. The van der Waals surface area contributed by atoms with E-state index in [9.17, 15) is 0 Å². The van der Waals surface area contributed by atoms with Gasteiger partial charge in [-0.2, -0.15) is 0 Å². The van der Waals surface area contributed by atoms with E-state index in [2.05, 4.69) is 79.9 Å². The number of rotatable bonds is 4. The molecule has 5 rings (SSSR count). The molecule has 0 unspecified atom stereocenters. The maximum Gasteiger partial charge on any atom is 0.174 e. The summed E-state index contributed by atoms with van der Waals surface area (Å²) in [6.07, 6.45) is 1.83. The first-order valence-electron chi connectivity index (χ1n) is 10.6. The maximum absolute atomic E-state index is 6.31. The molecule has 4 aromatic rings. The Morgan fingerprint density at radius 3 is 2.45 bits per heavy atom. The second-order valence-corrected chi connectivity index (χ2v) is 9.85. The Morgan fingerprint density at radius 2 is 1.76 bits per heavy atom. The Labute approximate surface area is 212 Å². The highest BCUT2D eigenvalue weighted by atomic mass is 79.9. The molecule has 0 bridgehead atoms. The van der Waals surface area contributed by atoms with E-state index in [0.29, 0.717) is 10.1 Å². The standard InChI is InChI=1S/C26H22BrClN4S/c1-16-14-22(17(2)31(16)21-7-5-6-19(28)15-21)25-24(23-8-3-4-13-29-23)30-26(33)32(25)20-11-9-18(27)10-12-20/h3-15,24-25H,1-2H3,(H,30,33)/t24-,25+/m0/s1. The lowest BCUT2D eigenvalue weighted by Crippen LogP contribution is -2.29. The minimum atomic E-state index is -0.0874. The average molecular weight is 538 g/mol. The molecule has 0 saturated carbocycles. The smallest absolute Gasteiger partial charge is 0.174 e. The lowest BCUT2D eigenvalue weighted by atomic mass is 9.96. The lowest BCUT2D eigenvalue weighted by Gasteiger charge is -2.28. The zero-order chi connectivity index (χ0) is 23.1. The second-order valence-electron chi connectivity index (χ2n) is 8.11. The number of thiocarbonyl (C=S) groups is 1. The monoisotopic (exact) mass is 536 g/mol. The molecule has 2 aromatic carbocycles. The molecule has 1 fully saturated rings. The third kappa shape index (κ3) is 4.07. The predicted octanol–water partition coefficient (Wildman–Crippen LogP) is 7.08. The van der Waals surface area contributed by atoms with Gasteiger partial charge in [-0.1, -0.05) is 39.7 Å². The van der Waals surface area contributed by atoms with E-state index in [-0.39, 0.29) is 12.1 Å². The summed E-state index contributed by atoms with van der Waals surface area (Å²) >= 11 is 15.7. The molecule has 1 aliphatic heterocycles. The van der Waals surface area contributed by atoms with Crippen LogP contribution in [0.1, 0.15) is 34.7 Å². The zero-order valence-corrected chi connectivity index (χ0v) is 21.3. The van der Waals surface area contributed by atoms with Gasteiger partial charge in [-0.25, -0.2) is 0 Å². The molecule has 4 nitrogen and oxygen atoms in total.